The minimum atomic E-state index is 1.03. The molecule has 2 aromatic rings. The van der Waals surface area contributed by atoms with Gasteiger partial charge in [0.05, 0.1) is 0 Å². The molecule has 0 aliphatic heterocycles. The highest BCUT2D eigenvalue weighted by molar-refractivity contribution is 5.83. The zero-order valence-corrected chi connectivity index (χ0v) is 10.6. The van der Waals surface area contributed by atoms with Gasteiger partial charge in [-0.05, 0) is 44.0 Å². The molecule has 0 fully saturated rings. The Kier molecular flexibility index (Phi) is 3.86. The Hall–Kier alpha value is -1.70. The van der Waals surface area contributed by atoms with Crippen LogP contribution in [0.4, 0.5) is 5.69 Å². The van der Waals surface area contributed by atoms with Gasteiger partial charge >= 0.3 is 0 Å². The first-order valence-corrected chi connectivity index (χ1v) is 6.21. The molecule has 2 heteroatoms. The van der Waals surface area contributed by atoms with Gasteiger partial charge in [0.25, 0.3) is 0 Å². The van der Waals surface area contributed by atoms with E-state index in [0.29, 0.717) is 0 Å². The first-order valence-electron chi connectivity index (χ1n) is 6.21. The van der Waals surface area contributed by atoms with Crippen molar-refractivity contribution in [2.24, 2.45) is 7.05 Å². The van der Waals surface area contributed by atoms with Gasteiger partial charge in [0.1, 0.15) is 0 Å². The number of benzene rings is 1. The Labute approximate surface area is 103 Å². The SMILES string of the molecule is C/C=C/CCCNc1ccc2c(ccn2C)c1. The van der Waals surface area contributed by atoms with E-state index in [-0.39, 0.29) is 0 Å². The van der Waals surface area contributed by atoms with Crippen LogP contribution in [0.5, 0.6) is 0 Å². The van der Waals surface area contributed by atoms with E-state index < -0.39 is 0 Å². The fourth-order valence-electron chi connectivity index (χ4n) is 2.01. The first kappa shape index (κ1) is 11.8. The molecule has 1 N–H and O–H groups in total. The predicted molar refractivity (Wildman–Crippen MR) is 75.5 cm³/mol. The lowest BCUT2D eigenvalue weighted by molar-refractivity contribution is 0.888. The molecule has 1 heterocycles. The standard InChI is InChI=1S/C15H20N2/c1-3-4-5-6-10-16-14-7-8-15-13(12-14)9-11-17(15)2/h3-4,7-9,11-12,16H,5-6,10H2,1-2H3/b4-3+. The van der Waals surface area contributed by atoms with Gasteiger partial charge in [-0.25, -0.2) is 0 Å². The van der Waals surface area contributed by atoms with Crippen molar-refractivity contribution >= 4 is 16.6 Å². The molecule has 0 saturated carbocycles. The van der Waals surface area contributed by atoms with Gasteiger partial charge in [0.2, 0.25) is 0 Å². The predicted octanol–water partition coefficient (Wildman–Crippen LogP) is 3.95. The summed E-state index contributed by atoms with van der Waals surface area (Å²) in [7, 11) is 2.08. The van der Waals surface area contributed by atoms with E-state index in [1.165, 1.54) is 23.0 Å². The number of rotatable bonds is 5. The van der Waals surface area contributed by atoms with E-state index >= 15 is 0 Å². The number of nitrogens with one attached hydrogen (secondary N) is 1. The monoisotopic (exact) mass is 228 g/mol. The molecule has 0 atom stereocenters. The molecule has 1 aromatic carbocycles. The summed E-state index contributed by atoms with van der Waals surface area (Å²) in [6.45, 7) is 3.10. The number of hydrogen-bond acceptors (Lipinski definition) is 1. The van der Waals surface area contributed by atoms with Gasteiger partial charge in [0.15, 0.2) is 0 Å². The lowest BCUT2D eigenvalue weighted by atomic mass is 10.2. The number of unbranched alkanes of at least 4 members (excludes halogenated alkanes) is 1. The number of aromatic nitrogens is 1. The second-order valence-corrected chi connectivity index (χ2v) is 4.34. The van der Waals surface area contributed by atoms with Crippen LogP contribution in [0, 0.1) is 0 Å². The number of allylic oxidation sites excluding steroid dienone is 2. The van der Waals surface area contributed by atoms with Gasteiger partial charge in [-0.1, -0.05) is 12.2 Å². The molecule has 0 aliphatic rings. The Morgan fingerprint density at radius 1 is 1.29 bits per heavy atom. The van der Waals surface area contributed by atoms with E-state index in [1.54, 1.807) is 0 Å². The van der Waals surface area contributed by atoms with Crippen LogP contribution < -0.4 is 5.32 Å². The lowest BCUT2D eigenvalue weighted by Gasteiger charge is -2.06. The summed E-state index contributed by atoms with van der Waals surface area (Å²) in [5.74, 6) is 0. The lowest BCUT2D eigenvalue weighted by Crippen LogP contribution is -2.00. The van der Waals surface area contributed by atoms with Crippen molar-refractivity contribution in [3.8, 4) is 0 Å². The van der Waals surface area contributed by atoms with E-state index in [1.807, 2.05) is 0 Å². The highest BCUT2D eigenvalue weighted by Gasteiger charge is 1.98. The fraction of sp³-hybridized carbons (Fsp3) is 0.333. The third kappa shape index (κ3) is 2.90. The van der Waals surface area contributed by atoms with Crippen molar-refractivity contribution < 1.29 is 0 Å². The smallest absolute Gasteiger partial charge is 0.0479 e. The van der Waals surface area contributed by atoms with Gasteiger partial charge in [-0.15, -0.1) is 0 Å². The number of aryl methyl sites for hydroxylation is 1. The van der Waals surface area contributed by atoms with E-state index in [9.17, 15) is 0 Å². The zero-order valence-electron chi connectivity index (χ0n) is 10.6. The molecule has 0 bridgehead atoms. The molecule has 0 amide bonds. The number of anilines is 1. The van der Waals surface area contributed by atoms with Crippen molar-refractivity contribution in [2.45, 2.75) is 19.8 Å². The summed E-state index contributed by atoms with van der Waals surface area (Å²) >= 11 is 0. The fourth-order valence-corrected chi connectivity index (χ4v) is 2.01. The number of fused-ring (bicyclic) bond motifs is 1. The molecule has 2 nitrogen and oxygen atoms in total. The maximum atomic E-state index is 3.46. The average molecular weight is 228 g/mol. The molecule has 0 aliphatic carbocycles. The topological polar surface area (TPSA) is 17.0 Å². The van der Waals surface area contributed by atoms with Crippen LogP contribution in [0.3, 0.4) is 0 Å². The third-order valence-corrected chi connectivity index (χ3v) is 3.00. The molecule has 1 aromatic heterocycles. The number of hydrogen-bond donors (Lipinski definition) is 1. The molecule has 0 saturated heterocycles. The maximum Gasteiger partial charge on any atom is 0.0479 e. The average Bonchev–Trinajstić information content (AvgIpc) is 2.71. The quantitative estimate of drug-likeness (QED) is 0.605. The van der Waals surface area contributed by atoms with Crippen molar-refractivity contribution in [2.75, 3.05) is 11.9 Å². The summed E-state index contributed by atoms with van der Waals surface area (Å²) in [6.07, 6.45) is 8.74. The van der Waals surface area contributed by atoms with Crippen molar-refractivity contribution in [3.05, 3.63) is 42.6 Å². The van der Waals surface area contributed by atoms with Crippen LogP contribution >= 0.6 is 0 Å². The Balaban J connectivity index is 1.95. The second kappa shape index (κ2) is 5.58. The Morgan fingerprint density at radius 2 is 2.18 bits per heavy atom. The molecule has 0 unspecified atom stereocenters. The van der Waals surface area contributed by atoms with Crippen LogP contribution in [-0.2, 0) is 7.05 Å². The van der Waals surface area contributed by atoms with Crippen LogP contribution in [0.1, 0.15) is 19.8 Å². The first-order chi connectivity index (χ1) is 8.31. The normalized spacial score (nSPS) is 11.4. The van der Waals surface area contributed by atoms with Gasteiger partial charge in [0, 0.05) is 36.4 Å². The minimum absolute atomic E-state index is 1.03. The van der Waals surface area contributed by atoms with Gasteiger partial charge in [-0.2, -0.15) is 0 Å². The Morgan fingerprint density at radius 3 is 3.00 bits per heavy atom. The van der Waals surface area contributed by atoms with Gasteiger partial charge in [-0.3, -0.25) is 0 Å². The van der Waals surface area contributed by atoms with Crippen molar-refractivity contribution in [1.82, 2.24) is 4.57 Å². The third-order valence-electron chi connectivity index (χ3n) is 3.00. The van der Waals surface area contributed by atoms with Crippen LogP contribution in [0.15, 0.2) is 42.6 Å². The van der Waals surface area contributed by atoms with Crippen LogP contribution in [0.2, 0.25) is 0 Å². The minimum Gasteiger partial charge on any atom is -0.385 e. The zero-order chi connectivity index (χ0) is 12.1. The highest BCUT2D eigenvalue weighted by atomic mass is 14.9. The van der Waals surface area contributed by atoms with E-state index in [0.717, 1.165) is 13.0 Å². The molecule has 90 valence electrons. The maximum absolute atomic E-state index is 3.46. The largest absolute Gasteiger partial charge is 0.385 e. The van der Waals surface area contributed by atoms with Crippen LogP contribution in [0.25, 0.3) is 10.9 Å². The molecule has 2 rings (SSSR count). The Bertz CT molecular complexity index is 509. The molecular weight excluding hydrogens is 208 g/mol. The summed E-state index contributed by atoms with van der Waals surface area (Å²) < 4.78 is 2.14. The highest BCUT2D eigenvalue weighted by Crippen LogP contribution is 2.19. The van der Waals surface area contributed by atoms with Crippen molar-refractivity contribution in [3.63, 3.8) is 0 Å². The summed E-state index contributed by atoms with van der Waals surface area (Å²) in [4.78, 5) is 0. The van der Waals surface area contributed by atoms with Crippen LogP contribution in [-0.4, -0.2) is 11.1 Å². The molecule has 17 heavy (non-hydrogen) atoms. The number of nitrogens with zero attached hydrogens (tertiary/aromatic N) is 1. The van der Waals surface area contributed by atoms with E-state index in [2.05, 4.69) is 66.5 Å². The molecule has 0 spiro atoms. The van der Waals surface area contributed by atoms with Gasteiger partial charge < -0.3 is 9.88 Å². The summed E-state index contributed by atoms with van der Waals surface area (Å²) in [5.41, 5.74) is 2.49. The van der Waals surface area contributed by atoms with Crippen molar-refractivity contribution in [1.29, 1.82) is 0 Å². The molecule has 0 radical (unpaired) electrons. The second-order valence-electron chi connectivity index (χ2n) is 4.34. The summed E-state index contributed by atoms with van der Waals surface area (Å²) in [6, 6.07) is 8.69. The summed E-state index contributed by atoms with van der Waals surface area (Å²) in [5, 5.41) is 4.76. The van der Waals surface area contributed by atoms with E-state index in [4.69, 9.17) is 0 Å². The molecular formula is C15H20N2.